The molecule has 2 N–H and O–H groups in total. The molecule has 5 heteroatoms. The van der Waals surface area contributed by atoms with Crippen molar-refractivity contribution in [3.63, 3.8) is 0 Å². The fourth-order valence-corrected chi connectivity index (χ4v) is 2.43. The van der Waals surface area contributed by atoms with Crippen LogP contribution in [0.1, 0.15) is 13.3 Å². The molecule has 1 fully saturated rings. The highest BCUT2D eigenvalue weighted by molar-refractivity contribution is 5.45. The van der Waals surface area contributed by atoms with E-state index in [1.165, 1.54) is 0 Å². The first-order valence-electron chi connectivity index (χ1n) is 7.52. The van der Waals surface area contributed by atoms with Gasteiger partial charge in [0.05, 0.1) is 0 Å². The fourth-order valence-electron chi connectivity index (χ4n) is 2.43. The predicted molar refractivity (Wildman–Crippen MR) is 85.4 cm³/mol. The minimum atomic E-state index is 0.544. The summed E-state index contributed by atoms with van der Waals surface area (Å²) < 4.78 is 0. The molecule has 1 aliphatic heterocycles. The van der Waals surface area contributed by atoms with E-state index in [4.69, 9.17) is 0 Å². The summed E-state index contributed by atoms with van der Waals surface area (Å²) in [5, 5.41) is 6.78. The van der Waals surface area contributed by atoms with E-state index in [1.807, 2.05) is 18.2 Å². The van der Waals surface area contributed by atoms with Gasteiger partial charge in [0.25, 0.3) is 0 Å². The topological polar surface area (TPSA) is 43.4 Å². The van der Waals surface area contributed by atoms with Crippen LogP contribution in [-0.4, -0.2) is 67.6 Å². The van der Waals surface area contributed by atoms with Crippen molar-refractivity contribution in [1.29, 1.82) is 0 Å². The van der Waals surface area contributed by atoms with Gasteiger partial charge in [-0.25, -0.2) is 4.98 Å². The first-order chi connectivity index (χ1) is 9.69. The minimum absolute atomic E-state index is 0.544. The maximum absolute atomic E-state index is 4.58. The van der Waals surface area contributed by atoms with Crippen LogP contribution in [-0.2, 0) is 0 Å². The normalized spacial score (nSPS) is 20.9. The first kappa shape index (κ1) is 15.1. The van der Waals surface area contributed by atoms with Gasteiger partial charge in [-0.3, -0.25) is 4.90 Å². The molecule has 0 amide bonds. The predicted octanol–water partition coefficient (Wildman–Crippen LogP) is 1.56. The zero-order valence-electron chi connectivity index (χ0n) is 12.9. The van der Waals surface area contributed by atoms with Crippen LogP contribution >= 0.6 is 0 Å². The molecule has 1 atom stereocenters. The summed E-state index contributed by atoms with van der Waals surface area (Å²) >= 11 is 0. The molecular formula is C15H27N5. The molecule has 1 saturated heterocycles. The first-order valence-corrected chi connectivity index (χ1v) is 7.52. The Morgan fingerprint density at radius 1 is 1.20 bits per heavy atom. The maximum atomic E-state index is 4.58. The minimum Gasteiger partial charge on any atom is -0.370 e. The molecule has 0 spiro atoms. The second kappa shape index (κ2) is 7.45. The highest BCUT2D eigenvalue weighted by Crippen LogP contribution is 2.11. The molecule has 1 aliphatic rings. The van der Waals surface area contributed by atoms with E-state index in [-0.39, 0.29) is 0 Å². The molecular weight excluding hydrogens is 250 g/mol. The van der Waals surface area contributed by atoms with Crippen molar-refractivity contribution in [2.75, 3.05) is 57.5 Å². The van der Waals surface area contributed by atoms with Crippen LogP contribution in [0.2, 0.25) is 0 Å². The number of nitrogens with zero attached hydrogens (tertiary/aromatic N) is 3. The van der Waals surface area contributed by atoms with E-state index in [1.54, 1.807) is 0 Å². The zero-order valence-corrected chi connectivity index (χ0v) is 12.9. The highest BCUT2D eigenvalue weighted by Gasteiger charge is 2.21. The number of rotatable bonds is 6. The van der Waals surface area contributed by atoms with E-state index in [0.29, 0.717) is 6.04 Å². The van der Waals surface area contributed by atoms with E-state index < -0.39 is 0 Å². The van der Waals surface area contributed by atoms with Crippen LogP contribution in [0.3, 0.4) is 0 Å². The Labute approximate surface area is 122 Å². The van der Waals surface area contributed by atoms with Crippen LogP contribution in [0.5, 0.6) is 0 Å². The number of anilines is 2. The van der Waals surface area contributed by atoms with Crippen molar-refractivity contribution in [2.45, 2.75) is 19.4 Å². The lowest BCUT2D eigenvalue weighted by Gasteiger charge is -2.37. The summed E-state index contributed by atoms with van der Waals surface area (Å²) in [7, 11) is 4.39. The van der Waals surface area contributed by atoms with Crippen LogP contribution in [0.15, 0.2) is 18.2 Å². The lowest BCUT2D eigenvalue weighted by Crippen LogP contribution is -2.52. The van der Waals surface area contributed by atoms with Gasteiger partial charge in [-0.05, 0) is 32.6 Å². The van der Waals surface area contributed by atoms with Crippen molar-refractivity contribution in [3.05, 3.63) is 18.2 Å². The Morgan fingerprint density at radius 3 is 2.70 bits per heavy atom. The van der Waals surface area contributed by atoms with Crippen LogP contribution in [0, 0.1) is 0 Å². The molecule has 5 nitrogen and oxygen atoms in total. The third kappa shape index (κ3) is 4.35. The summed E-state index contributed by atoms with van der Waals surface area (Å²) in [4.78, 5) is 9.40. The second-order valence-electron chi connectivity index (χ2n) is 5.61. The molecule has 0 saturated carbocycles. The lowest BCUT2D eigenvalue weighted by atomic mass is 10.2. The molecule has 2 heterocycles. The van der Waals surface area contributed by atoms with Crippen molar-refractivity contribution in [3.8, 4) is 0 Å². The molecule has 1 aromatic heterocycles. The Kier molecular flexibility index (Phi) is 5.61. The van der Waals surface area contributed by atoms with Crippen LogP contribution in [0.4, 0.5) is 11.6 Å². The number of pyridine rings is 1. The molecule has 0 bridgehead atoms. The smallest absolute Gasteiger partial charge is 0.128 e. The third-order valence-electron chi connectivity index (χ3n) is 3.80. The summed E-state index contributed by atoms with van der Waals surface area (Å²) in [5.41, 5.74) is 0. The van der Waals surface area contributed by atoms with Crippen LogP contribution in [0.25, 0.3) is 0 Å². The van der Waals surface area contributed by atoms with E-state index in [2.05, 4.69) is 46.4 Å². The largest absolute Gasteiger partial charge is 0.370 e. The summed E-state index contributed by atoms with van der Waals surface area (Å²) in [6, 6.07) is 6.64. The van der Waals surface area contributed by atoms with Gasteiger partial charge in [0, 0.05) is 38.8 Å². The zero-order chi connectivity index (χ0) is 14.4. The number of hydrogen-bond acceptors (Lipinski definition) is 5. The standard InChI is InChI=1S/C15H27N5/c1-4-8-16-14-6-5-7-15(18-14)17-11-13-12-19(2)9-10-20(13)3/h5-7,13H,4,8-12H2,1-3H3,(H2,16,17,18). The van der Waals surface area contributed by atoms with Gasteiger partial charge in [-0.2, -0.15) is 0 Å². The van der Waals surface area contributed by atoms with Gasteiger partial charge in [0.15, 0.2) is 0 Å². The van der Waals surface area contributed by atoms with Gasteiger partial charge < -0.3 is 15.5 Å². The maximum Gasteiger partial charge on any atom is 0.128 e. The van der Waals surface area contributed by atoms with Crippen molar-refractivity contribution in [1.82, 2.24) is 14.8 Å². The number of piperazine rings is 1. The lowest BCUT2D eigenvalue weighted by molar-refractivity contribution is 0.122. The number of hydrogen-bond donors (Lipinski definition) is 2. The second-order valence-corrected chi connectivity index (χ2v) is 5.61. The summed E-state index contributed by atoms with van der Waals surface area (Å²) in [5.74, 6) is 1.90. The molecule has 112 valence electrons. The van der Waals surface area contributed by atoms with Gasteiger partial charge >= 0.3 is 0 Å². The molecule has 0 radical (unpaired) electrons. The fraction of sp³-hybridized carbons (Fsp3) is 0.667. The van der Waals surface area contributed by atoms with Crippen molar-refractivity contribution >= 4 is 11.6 Å². The Morgan fingerprint density at radius 2 is 1.95 bits per heavy atom. The average molecular weight is 277 g/mol. The van der Waals surface area contributed by atoms with E-state index in [9.17, 15) is 0 Å². The molecule has 0 aromatic carbocycles. The molecule has 20 heavy (non-hydrogen) atoms. The van der Waals surface area contributed by atoms with Gasteiger partial charge in [0.1, 0.15) is 11.6 Å². The van der Waals surface area contributed by atoms with E-state index >= 15 is 0 Å². The molecule has 1 aromatic rings. The van der Waals surface area contributed by atoms with Gasteiger partial charge in [0.2, 0.25) is 0 Å². The highest BCUT2D eigenvalue weighted by atomic mass is 15.3. The Balaban J connectivity index is 1.86. The number of nitrogens with one attached hydrogen (secondary N) is 2. The van der Waals surface area contributed by atoms with Crippen LogP contribution < -0.4 is 10.6 Å². The quantitative estimate of drug-likeness (QED) is 0.826. The van der Waals surface area contributed by atoms with Gasteiger partial charge in [-0.1, -0.05) is 13.0 Å². The molecule has 2 rings (SSSR count). The number of likely N-dealkylation sites (N-methyl/N-ethyl adjacent to an activating group) is 2. The molecule has 0 aliphatic carbocycles. The Bertz CT molecular complexity index is 409. The average Bonchev–Trinajstić information content (AvgIpc) is 2.46. The molecule has 1 unspecified atom stereocenters. The van der Waals surface area contributed by atoms with Crippen molar-refractivity contribution in [2.24, 2.45) is 0 Å². The van der Waals surface area contributed by atoms with Gasteiger partial charge in [-0.15, -0.1) is 0 Å². The van der Waals surface area contributed by atoms with E-state index in [0.717, 1.165) is 50.8 Å². The summed E-state index contributed by atoms with van der Waals surface area (Å²) in [6.07, 6.45) is 1.11. The SMILES string of the molecule is CCCNc1cccc(NCC2CN(C)CCN2C)n1. The summed E-state index contributed by atoms with van der Waals surface area (Å²) in [6.45, 7) is 7.45. The van der Waals surface area contributed by atoms with Crippen molar-refractivity contribution < 1.29 is 0 Å². The monoisotopic (exact) mass is 277 g/mol. The number of aromatic nitrogens is 1. The Hall–Kier alpha value is -1.33. The third-order valence-corrected chi connectivity index (χ3v) is 3.80.